The minimum atomic E-state index is -3.71. The molecule has 0 heterocycles. The third-order valence-corrected chi connectivity index (χ3v) is 6.44. The topological polar surface area (TPSA) is 72.2 Å². The number of benzene rings is 4. The molecule has 3 N–H and O–H groups in total. The van der Waals surface area contributed by atoms with Gasteiger partial charge in [-0.1, -0.05) is 115 Å². The molecule has 0 amide bonds. The van der Waals surface area contributed by atoms with Crippen LogP contribution in [0.2, 0.25) is 0 Å². The Hall–Kier alpha value is -2.63. The molecule has 0 unspecified atom stereocenters. The predicted octanol–water partition coefficient (Wildman–Crippen LogP) is 5.40. The molecule has 33 heavy (non-hydrogen) atoms. The second kappa shape index (κ2) is 13.2. The number of sulfonamides is 1. The fourth-order valence-electron chi connectivity index (χ4n) is 3.21. The van der Waals surface area contributed by atoms with Gasteiger partial charge in [0.2, 0.25) is 10.0 Å². The molecule has 0 saturated heterocycles. The van der Waals surface area contributed by atoms with E-state index in [1.807, 2.05) is 104 Å². The first-order valence-corrected chi connectivity index (χ1v) is 11.9. The van der Waals surface area contributed by atoms with Crippen LogP contribution in [0, 0.1) is 6.92 Å². The van der Waals surface area contributed by atoms with Crippen molar-refractivity contribution in [3.8, 4) is 0 Å². The molecule has 0 saturated carbocycles. The molecule has 0 spiro atoms. The van der Waals surface area contributed by atoms with Gasteiger partial charge in [-0.25, -0.2) is 13.1 Å². The Morgan fingerprint density at radius 2 is 1.03 bits per heavy atom. The van der Waals surface area contributed by atoms with Crippen molar-refractivity contribution in [3.63, 3.8) is 0 Å². The van der Waals surface area contributed by atoms with E-state index in [-0.39, 0.29) is 24.4 Å². The van der Waals surface area contributed by atoms with Gasteiger partial charge in [-0.15, -0.1) is 0 Å². The van der Waals surface area contributed by atoms with Gasteiger partial charge in [-0.2, -0.15) is 0 Å². The first-order chi connectivity index (χ1) is 15.5. The van der Waals surface area contributed by atoms with Gasteiger partial charge in [-0.05, 0) is 30.2 Å². The Morgan fingerprint density at radius 1 is 0.636 bits per heavy atom. The second-order valence-corrected chi connectivity index (χ2v) is 9.13. The van der Waals surface area contributed by atoms with Crippen molar-refractivity contribution in [2.45, 2.75) is 23.9 Å². The van der Waals surface area contributed by atoms with Gasteiger partial charge in [0.15, 0.2) is 0 Å². The molecule has 4 aromatic carbocycles. The molecule has 4 nitrogen and oxygen atoms in total. The third-order valence-electron chi connectivity index (χ3n) is 4.98. The third kappa shape index (κ3) is 8.02. The minimum absolute atomic E-state index is 0. The van der Waals surface area contributed by atoms with Crippen LogP contribution in [-0.2, 0) is 29.5 Å². The van der Waals surface area contributed by atoms with Crippen molar-refractivity contribution >= 4 is 10.0 Å². The Kier molecular flexibility index (Phi) is 10.6. The van der Waals surface area contributed by atoms with Crippen LogP contribution in [-0.4, -0.2) is 8.42 Å². The molecule has 0 bridgehead atoms. The van der Waals surface area contributed by atoms with Gasteiger partial charge in [0.05, 0.1) is 17.0 Å². The van der Waals surface area contributed by atoms with E-state index < -0.39 is 22.1 Å². The summed E-state index contributed by atoms with van der Waals surface area (Å²) in [7, 11) is -3.71. The predicted molar refractivity (Wildman–Crippen MR) is 130 cm³/mol. The number of hydrogen-bond acceptors (Lipinski definition) is 3. The van der Waals surface area contributed by atoms with E-state index >= 15 is 0 Å². The maximum absolute atomic E-state index is 12.9. The Bertz CT molecular complexity index is 1140. The second-order valence-electron chi connectivity index (χ2n) is 7.41. The van der Waals surface area contributed by atoms with Crippen molar-refractivity contribution in [2.75, 3.05) is 0 Å². The van der Waals surface area contributed by atoms with Crippen molar-refractivity contribution in [1.82, 2.24) is 4.72 Å². The Labute approximate surface area is 209 Å². The maximum Gasteiger partial charge on any atom is 0.241 e. The van der Waals surface area contributed by atoms with E-state index in [1.165, 1.54) is 0 Å². The largest absolute Gasteiger partial charge is 0.322 e. The number of rotatable bonds is 6. The first kappa shape index (κ1) is 26.6. The van der Waals surface area contributed by atoms with Crippen LogP contribution in [0.1, 0.15) is 28.8 Å². The number of hydrogen-bond donors (Lipinski definition) is 2. The molecule has 6 heteroatoms. The molecule has 0 aromatic heterocycles. The molecule has 2 atom stereocenters. The SMILES string of the molecule is Cc1ccc(S(=O)(=O)N[C@@H](c2ccccc2)[C@@H](N)c2ccccc2)cc1.[Ru].c1ccccc1. The zero-order chi connectivity index (χ0) is 22.8. The quantitative estimate of drug-likeness (QED) is 0.319. The summed E-state index contributed by atoms with van der Waals surface area (Å²) in [6, 6.07) is 36.6. The van der Waals surface area contributed by atoms with Crippen molar-refractivity contribution in [3.05, 3.63) is 138 Å². The van der Waals surface area contributed by atoms with E-state index in [1.54, 1.807) is 24.3 Å². The van der Waals surface area contributed by atoms with E-state index in [0.29, 0.717) is 0 Å². The van der Waals surface area contributed by atoms with Gasteiger partial charge in [0.1, 0.15) is 0 Å². The molecule has 4 rings (SSSR count). The monoisotopic (exact) mass is 546 g/mol. The fourth-order valence-corrected chi connectivity index (χ4v) is 4.46. The van der Waals surface area contributed by atoms with E-state index in [4.69, 9.17) is 5.73 Å². The maximum atomic E-state index is 12.9. The molecular weight excluding hydrogens is 517 g/mol. The van der Waals surface area contributed by atoms with Crippen LogP contribution >= 0.6 is 0 Å². The number of nitrogens with two attached hydrogens (primary N) is 1. The van der Waals surface area contributed by atoms with Crippen molar-refractivity contribution < 1.29 is 27.9 Å². The zero-order valence-corrected chi connectivity index (χ0v) is 20.9. The molecule has 4 aromatic rings. The molecule has 0 aliphatic heterocycles. The van der Waals surface area contributed by atoms with Crippen LogP contribution < -0.4 is 10.5 Å². The molecule has 0 aliphatic carbocycles. The standard InChI is InChI=1S/C21H22N2O2S.C6H6.Ru/c1-16-12-14-19(15-13-16)26(24,25)23-21(18-10-6-3-7-11-18)20(22)17-8-4-2-5-9-17;1-2-4-6-5-3-1;/h2-15,20-21,23H,22H2,1H3;1-6H;/t20-,21-;;/m0../s1. The normalized spacial score (nSPS) is 12.4. The summed E-state index contributed by atoms with van der Waals surface area (Å²) in [5, 5.41) is 0. The van der Waals surface area contributed by atoms with Gasteiger partial charge >= 0.3 is 0 Å². The molecule has 172 valence electrons. The van der Waals surface area contributed by atoms with Crippen LogP contribution in [0.5, 0.6) is 0 Å². The van der Waals surface area contributed by atoms with Gasteiger partial charge in [0, 0.05) is 19.5 Å². The Morgan fingerprint density at radius 3 is 1.48 bits per heavy atom. The van der Waals surface area contributed by atoms with Gasteiger partial charge in [-0.3, -0.25) is 0 Å². The summed E-state index contributed by atoms with van der Waals surface area (Å²) < 4.78 is 28.6. The van der Waals surface area contributed by atoms with E-state index in [2.05, 4.69) is 4.72 Å². The number of aryl methyl sites for hydroxylation is 1. The molecule has 0 aliphatic rings. The average molecular weight is 546 g/mol. The van der Waals surface area contributed by atoms with Crippen molar-refractivity contribution in [2.24, 2.45) is 5.73 Å². The summed E-state index contributed by atoms with van der Waals surface area (Å²) >= 11 is 0. The van der Waals surface area contributed by atoms with Gasteiger partial charge < -0.3 is 5.73 Å². The smallest absolute Gasteiger partial charge is 0.241 e. The van der Waals surface area contributed by atoms with E-state index in [9.17, 15) is 8.42 Å². The summed E-state index contributed by atoms with van der Waals surface area (Å²) in [5.74, 6) is 0. The summed E-state index contributed by atoms with van der Waals surface area (Å²) in [4.78, 5) is 0.226. The van der Waals surface area contributed by atoms with Gasteiger partial charge in [0.25, 0.3) is 0 Å². The minimum Gasteiger partial charge on any atom is -0.322 e. The molecule has 0 fully saturated rings. The molecular formula is C27H28N2O2RuS. The van der Waals surface area contributed by atoms with Crippen LogP contribution in [0.4, 0.5) is 0 Å². The first-order valence-electron chi connectivity index (χ1n) is 10.4. The number of nitrogens with one attached hydrogen (secondary N) is 1. The fraction of sp³-hybridized carbons (Fsp3) is 0.111. The van der Waals surface area contributed by atoms with Crippen LogP contribution in [0.15, 0.2) is 126 Å². The summed E-state index contributed by atoms with van der Waals surface area (Å²) in [6.07, 6.45) is 0. The molecule has 0 radical (unpaired) electrons. The van der Waals surface area contributed by atoms with Crippen molar-refractivity contribution in [1.29, 1.82) is 0 Å². The summed E-state index contributed by atoms with van der Waals surface area (Å²) in [6.45, 7) is 1.92. The Balaban J connectivity index is 0.000000479. The van der Waals surface area contributed by atoms with E-state index in [0.717, 1.165) is 16.7 Å². The zero-order valence-electron chi connectivity index (χ0n) is 18.4. The van der Waals surface area contributed by atoms with Crippen LogP contribution in [0.25, 0.3) is 0 Å². The van der Waals surface area contributed by atoms with Crippen LogP contribution in [0.3, 0.4) is 0 Å². The average Bonchev–Trinajstić information content (AvgIpc) is 2.85. The summed E-state index contributed by atoms with van der Waals surface area (Å²) in [5.41, 5.74) is 9.15.